The van der Waals surface area contributed by atoms with Gasteiger partial charge in [-0.1, -0.05) is 19.1 Å². The number of hydrogen-bond acceptors (Lipinski definition) is 3. The van der Waals surface area contributed by atoms with Gasteiger partial charge in [0.15, 0.2) is 0 Å². The van der Waals surface area contributed by atoms with Crippen molar-refractivity contribution in [3.05, 3.63) is 54.6 Å². The van der Waals surface area contributed by atoms with Gasteiger partial charge in [0.25, 0.3) is 0 Å². The fourth-order valence-electron chi connectivity index (χ4n) is 3.26. The molecule has 1 aliphatic rings. The van der Waals surface area contributed by atoms with E-state index >= 15 is 0 Å². The summed E-state index contributed by atoms with van der Waals surface area (Å²) in [6.45, 7) is 3.28. The summed E-state index contributed by atoms with van der Waals surface area (Å²) >= 11 is 1.92. The molecule has 0 spiro atoms. The van der Waals surface area contributed by atoms with Gasteiger partial charge in [0, 0.05) is 41.4 Å². The van der Waals surface area contributed by atoms with Crippen LogP contribution in [0.4, 0.5) is 0 Å². The fourth-order valence-corrected chi connectivity index (χ4v) is 4.03. The second kappa shape index (κ2) is 6.81. The highest BCUT2D eigenvalue weighted by molar-refractivity contribution is 7.99. The smallest absolute Gasteiger partial charge is 0.109 e. The maximum absolute atomic E-state index is 4.96. The van der Waals surface area contributed by atoms with E-state index < -0.39 is 0 Å². The molecular formula is C20H21N3S. The predicted molar refractivity (Wildman–Crippen MR) is 100 cm³/mol. The van der Waals surface area contributed by atoms with Crippen molar-refractivity contribution in [2.24, 2.45) is 0 Å². The quantitative estimate of drug-likeness (QED) is 0.611. The minimum absolute atomic E-state index is 1.06. The number of thioether (sulfide) groups is 1. The average molecular weight is 335 g/mol. The number of aromatic nitrogens is 3. The molecule has 1 aromatic carbocycles. The standard InChI is InChI=1S/C20H21N3S/c1-2-14-24-17-7-5-15(6-8-17)19-20(16-9-11-21-12-10-16)23-13-3-4-18(23)22-19/h5-12H,2-4,13-14H2,1H3. The van der Waals surface area contributed by atoms with E-state index in [-0.39, 0.29) is 0 Å². The highest BCUT2D eigenvalue weighted by atomic mass is 32.2. The third-order valence-corrected chi connectivity index (χ3v) is 5.60. The summed E-state index contributed by atoms with van der Waals surface area (Å²) in [7, 11) is 0. The minimum atomic E-state index is 1.06. The summed E-state index contributed by atoms with van der Waals surface area (Å²) in [5, 5.41) is 0. The lowest BCUT2D eigenvalue weighted by Crippen LogP contribution is -1.96. The Labute approximate surface area is 147 Å². The van der Waals surface area contributed by atoms with E-state index in [1.807, 2.05) is 24.2 Å². The lowest BCUT2D eigenvalue weighted by molar-refractivity contribution is 0.756. The molecule has 0 atom stereocenters. The first kappa shape index (κ1) is 15.5. The van der Waals surface area contributed by atoms with Crippen LogP contribution in [-0.2, 0) is 13.0 Å². The molecule has 0 unspecified atom stereocenters. The Hall–Kier alpha value is -2.07. The normalized spacial score (nSPS) is 13.2. The average Bonchev–Trinajstić information content (AvgIpc) is 3.22. The first-order valence-electron chi connectivity index (χ1n) is 8.60. The summed E-state index contributed by atoms with van der Waals surface area (Å²) in [6, 6.07) is 13.0. The van der Waals surface area contributed by atoms with Gasteiger partial charge >= 0.3 is 0 Å². The van der Waals surface area contributed by atoms with Crippen LogP contribution in [0.1, 0.15) is 25.6 Å². The molecular weight excluding hydrogens is 314 g/mol. The Kier molecular flexibility index (Phi) is 4.39. The fraction of sp³-hybridized carbons (Fsp3) is 0.300. The second-order valence-corrected chi connectivity index (χ2v) is 7.26. The topological polar surface area (TPSA) is 30.7 Å². The molecule has 4 heteroatoms. The Morgan fingerprint density at radius 1 is 1.04 bits per heavy atom. The van der Waals surface area contributed by atoms with Crippen LogP contribution in [0, 0.1) is 0 Å². The summed E-state index contributed by atoms with van der Waals surface area (Å²) in [4.78, 5) is 10.5. The molecule has 0 aliphatic carbocycles. The highest BCUT2D eigenvalue weighted by Gasteiger charge is 2.22. The number of benzene rings is 1. The first-order chi connectivity index (χ1) is 11.9. The van der Waals surface area contributed by atoms with Gasteiger partial charge < -0.3 is 4.57 Å². The second-order valence-electron chi connectivity index (χ2n) is 6.09. The van der Waals surface area contributed by atoms with Crippen LogP contribution in [-0.4, -0.2) is 20.3 Å². The van der Waals surface area contributed by atoms with Crippen molar-refractivity contribution < 1.29 is 0 Å². The number of fused-ring (bicyclic) bond motifs is 1. The molecule has 0 amide bonds. The van der Waals surface area contributed by atoms with E-state index in [0.717, 1.165) is 18.7 Å². The van der Waals surface area contributed by atoms with E-state index in [1.165, 1.54) is 46.1 Å². The Morgan fingerprint density at radius 3 is 2.58 bits per heavy atom. The Morgan fingerprint density at radius 2 is 1.83 bits per heavy atom. The zero-order chi connectivity index (χ0) is 16.4. The van der Waals surface area contributed by atoms with Crippen molar-refractivity contribution in [2.45, 2.75) is 37.6 Å². The van der Waals surface area contributed by atoms with Gasteiger partial charge in [-0.2, -0.15) is 0 Å². The lowest BCUT2D eigenvalue weighted by Gasteiger charge is -2.09. The van der Waals surface area contributed by atoms with E-state index in [1.54, 1.807) is 0 Å². The maximum atomic E-state index is 4.96. The first-order valence-corrected chi connectivity index (χ1v) is 9.58. The molecule has 3 heterocycles. The molecule has 3 aromatic rings. The summed E-state index contributed by atoms with van der Waals surface area (Å²) in [5.41, 5.74) is 4.73. The zero-order valence-electron chi connectivity index (χ0n) is 13.9. The van der Waals surface area contributed by atoms with E-state index in [4.69, 9.17) is 4.98 Å². The third kappa shape index (κ3) is 2.86. The minimum Gasteiger partial charge on any atom is -0.327 e. The maximum Gasteiger partial charge on any atom is 0.109 e. The molecule has 4 rings (SSSR count). The van der Waals surface area contributed by atoms with Gasteiger partial charge in [0.05, 0.1) is 11.4 Å². The molecule has 1 aliphatic heterocycles. The summed E-state index contributed by atoms with van der Waals surface area (Å²) in [5.74, 6) is 2.38. The number of nitrogens with zero attached hydrogens (tertiary/aromatic N) is 3. The summed E-state index contributed by atoms with van der Waals surface area (Å²) in [6.07, 6.45) is 7.18. The molecule has 0 fully saturated rings. The number of aryl methyl sites for hydroxylation is 1. The van der Waals surface area contributed by atoms with Crippen molar-refractivity contribution in [3.8, 4) is 22.5 Å². The predicted octanol–water partition coefficient (Wildman–Crippen LogP) is 5.06. The molecule has 0 N–H and O–H groups in total. The number of hydrogen-bond donors (Lipinski definition) is 0. The van der Waals surface area contributed by atoms with E-state index in [2.05, 4.69) is 52.9 Å². The highest BCUT2D eigenvalue weighted by Crippen LogP contribution is 2.36. The molecule has 122 valence electrons. The van der Waals surface area contributed by atoms with Gasteiger partial charge in [0.2, 0.25) is 0 Å². The van der Waals surface area contributed by atoms with Crippen molar-refractivity contribution in [1.29, 1.82) is 0 Å². The van der Waals surface area contributed by atoms with Gasteiger partial charge in [-0.05, 0) is 42.9 Å². The molecule has 0 saturated carbocycles. The lowest BCUT2D eigenvalue weighted by atomic mass is 10.1. The van der Waals surface area contributed by atoms with E-state index in [0.29, 0.717) is 0 Å². The van der Waals surface area contributed by atoms with Gasteiger partial charge in [-0.25, -0.2) is 4.98 Å². The van der Waals surface area contributed by atoms with Crippen LogP contribution < -0.4 is 0 Å². The molecule has 0 saturated heterocycles. The zero-order valence-corrected chi connectivity index (χ0v) is 14.7. The van der Waals surface area contributed by atoms with Crippen LogP contribution in [0.3, 0.4) is 0 Å². The number of pyridine rings is 1. The van der Waals surface area contributed by atoms with Crippen molar-refractivity contribution in [2.75, 3.05) is 5.75 Å². The third-order valence-electron chi connectivity index (χ3n) is 4.38. The number of imidazole rings is 1. The SMILES string of the molecule is CCCSc1ccc(-c2nc3n(c2-c2ccncc2)CCC3)cc1. The Balaban J connectivity index is 1.76. The van der Waals surface area contributed by atoms with Crippen LogP contribution in [0.2, 0.25) is 0 Å². The Bertz CT molecular complexity index is 822. The van der Waals surface area contributed by atoms with Crippen LogP contribution in [0.15, 0.2) is 53.7 Å². The monoisotopic (exact) mass is 335 g/mol. The number of rotatable bonds is 5. The largest absolute Gasteiger partial charge is 0.327 e. The van der Waals surface area contributed by atoms with Crippen LogP contribution >= 0.6 is 11.8 Å². The van der Waals surface area contributed by atoms with Gasteiger partial charge in [-0.3, -0.25) is 4.98 Å². The van der Waals surface area contributed by atoms with E-state index in [9.17, 15) is 0 Å². The van der Waals surface area contributed by atoms with Gasteiger partial charge in [-0.15, -0.1) is 11.8 Å². The molecule has 2 aromatic heterocycles. The van der Waals surface area contributed by atoms with Crippen LogP contribution in [0.25, 0.3) is 22.5 Å². The molecule has 24 heavy (non-hydrogen) atoms. The van der Waals surface area contributed by atoms with Gasteiger partial charge in [0.1, 0.15) is 5.82 Å². The molecule has 0 radical (unpaired) electrons. The van der Waals surface area contributed by atoms with Crippen molar-refractivity contribution >= 4 is 11.8 Å². The van der Waals surface area contributed by atoms with Crippen molar-refractivity contribution in [3.63, 3.8) is 0 Å². The molecule has 3 nitrogen and oxygen atoms in total. The molecule has 0 bridgehead atoms. The van der Waals surface area contributed by atoms with Crippen LogP contribution in [0.5, 0.6) is 0 Å². The van der Waals surface area contributed by atoms with Crippen molar-refractivity contribution in [1.82, 2.24) is 14.5 Å². The summed E-state index contributed by atoms with van der Waals surface area (Å²) < 4.78 is 2.38.